The maximum Gasteiger partial charge on any atom is 0.243 e. The lowest BCUT2D eigenvalue weighted by Gasteiger charge is -2.58. The molecule has 0 unspecified atom stereocenters. The van der Waals surface area contributed by atoms with Crippen molar-refractivity contribution in [1.29, 1.82) is 0 Å². The zero-order valence-electron chi connectivity index (χ0n) is 17.9. The molecule has 3 aliphatic rings. The van der Waals surface area contributed by atoms with Gasteiger partial charge >= 0.3 is 0 Å². The van der Waals surface area contributed by atoms with Crippen molar-refractivity contribution >= 4 is 15.9 Å². The van der Waals surface area contributed by atoms with Gasteiger partial charge in [-0.1, -0.05) is 42.2 Å². The molecule has 0 radical (unpaired) electrons. The van der Waals surface area contributed by atoms with E-state index in [2.05, 4.69) is 11.8 Å². The number of nitrogens with zero attached hydrogens (tertiary/aromatic N) is 2. The minimum absolute atomic E-state index is 0.121. The Balaban J connectivity index is 1.41. The van der Waals surface area contributed by atoms with Crippen LogP contribution >= 0.6 is 0 Å². The predicted octanol–water partition coefficient (Wildman–Crippen LogP) is 2.12. The first-order valence-corrected chi connectivity index (χ1v) is 12.4. The summed E-state index contributed by atoms with van der Waals surface area (Å²) < 4.78 is 27.9. The van der Waals surface area contributed by atoms with E-state index in [0.29, 0.717) is 11.5 Å². The van der Waals surface area contributed by atoms with E-state index < -0.39 is 10.0 Å². The van der Waals surface area contributed by atoms with E-state index in [0.717, 1.165) is 11.1 Å². The number of amides is 1. The van der Waals surface area contributed by atoms with Crippen LogP contribution in [0.5, 0.6) is 0 Å². The number of sulfonamides is 1. The highest BCUT2D eigenvalue weighted by Crippen LogP contribution is 2.43. The lowest BCUT2D eigenvalue weighted by atomic mass is 9.74. The fraction of sp³-hybridized carbons (Fsp3) is 0.400. The third kappa shape index (κ3) is 3.62. The van der Waals surface area contributed by atoms with Gasteiger partial charge in [-0.15, -0.1) is 0 Å². The van der Waals surface area contributed by atoms with E-state index in [1.54, 1.807) is 36.1 Å². The van der Waals surface area contributed by atoms with Gasteiger partial charge < -0.3 is 10.0 Å². The van der Waals surface area contributed by atoms with Crippen molar-refractivity contribution in [3.8, 4) is 11.8 Å². The second-order valence-electron chi connectivity index (χ2n) is 8.87. The lowest BCUT2D eigenvalue weighted by molar-refractivity contribution is -0.158. The number of aliphatic hydroxyl groups excluding tert-OH is 1. The van der Waals surface area contributed by atoms with Crippen molar-refractivity contribution in [3.63, 3.8) is 0 Å². The number of aliphatic hydroxyl groups is 1. The summed E-state index contributed by atoms with van der Waals surface area (Å²) in [5, 5.41) is 9.97. The molecule has 2 aromatic carbocycles. The molecule has 3 atom stereocenters. The third-order valence-electron chi connectivity index (χ3n) is 6.73. The van der Waals surface area contributed by atoms with Gasteiger partial charge in [0.15, 0.2) is 0 Å². The van der Waals surface area contributed by atoms with Gasteiger partial charge in [-0.25, -0.2) is 8.42 Å². The van der Waals surface area contributed by atoms with Crippen molar-refractivity contribution < 1.29 is 18.3 Å². The van der Waals surface area contributed by atoms with Crippen LogP contribution in [0.2, 0.25) is 0 Å². The highest BCUT2D eigenvalue weighted by atomic mass is 32.2. The van der Waals surface area contributed by atoms with Crippen molar-refractivity contribution in [3.05, 3.63) is 65.2 Å². The Hall–Kier alpha value is -2.66. The molecular formula is C25H26N2O4S. The Morgan fingerprint density at radius 3 is 2.47 bits per heavy atom. The topological polar surface area (TPSA) is 77.9 Å². The normalized spacial score (nSPS) is 25.5. The van der Waals surface area contributed by atoms with E-state index in [1.807, 2.05) is 24.3 Å². The second-order valence-corrected chi connectivity index (χ2v) is 10.8. The van der Waals surface area contributed by atoms with Crippen LogP contribution in [0.3, 0.4) is 0 Å². The molecule has 0 spiro atoms. The van der Waals surface area contributed by atoms with Crippen LogP contribution < -0.4 is 0 Å². The van der Waals surface area contributed by atoms with Gasteiger partial charge in [0.05, 0.1) is 30.1 Å². The molecule has 3 fully saturated rings. The molecule has 32 heavy (non-hydrogen) atoms. The smallest absolute Gasteiger partial charge is 0.243 e. The summed E-state index contributed by atoms with van der Waals surface area (Å²) in [4.78, 5) is 14.8. The number of carbonyl (C=O) groups excluding carboxylic acids is 1. The first-order valence-electron chi connectivity index (χ1n) is 11.0. The van der Waals surface area contributed by atoms with Crippen LogP contribution in [-0.2, 0) is 14.8 Å². The third-order valence-corrected chi connectivity index (χ3v) is 8.70. The average molecular weight is 451 g/mol. The first-order chi connectivity index (χ1) is 15.4. The summed E-state index contributed by atoms with van der Waals surface area (Å²) in [7, 11) is -3.79. The minimum atomic E-state index is -3.79. The predicted molar refractivity (Wildman–Crippen MR) is 120 cm³/mol. The van der Waals surface area contributed by atoms with Crippen LogP contribution in [0, 0.1) is 24.7 Å². The number of rotatable bonds is 4. The summed E-state index contributed by atoms with van der Waals surface area (Å²) in [6, 6.07) is 14.1. The average Bonchev–Trinajstić information content (AvgIpc) is 3.59. The zero-order valence-corrected chi connectivity index (χ0v) is 18.8. The maximum atomic E-state index is 13.3. The van der Waals surface area contributed by atoms with Crippen LogP contribution in [0.4, 0.5) is 0 Å². The number of aryl methyl sites for hydroxylation is 1. The van der Waals surface area contributed by atoms with Crippen LogP contribution in [0.1, 0.15) is 35.4 Å². The van der Waals surface area contributed by atoms with Gasteiger partial charge in [0.25, 0.3) is 0 Å². The number of fused-ring (bicyclic) bond motifs is 1. The molecule has 0 bridgehead atoms. The highest BCUT2D eigenvalue weighted by Gasteiger charge is 2.55. The molecule has 5 rings (SSSR count). The molecule has 2 aromatic rings. The van der Waals surface area contributed by atoms with Crippen molar-refractivity contribution in [2.45, 2.75) is 42.7 Å². The lowest BCUT2D eigenvalue weighted by Crippen LogP contribution is -2.73. The van der Waals surface area contributed by atoms with Crippen molar-refractivity contribution in [2.75, 3.05) is 19.7 Å². The van der Waals surface area contributed by atoms with E-state index in [9.17, 15) is 18.3 Å². The van der Waals surface area contributed by atoms with Gasteiger partial charge in [-0.3, -0.25) is 4.79 Å². The molecule has 0 aromatic heterocycles. The van der Waals surface area contributed by atoms with E-state index in [1.165, 1.54) is 17.1 Å². The molecule has 1 aliphatic carbocycles. The second kappa shape index (κ2) is 8.04. The standard InChI is InChI=1S/C25H26N2O4S/c1-17-4-2-3-5-23(17)32(30,31)26-14-21-25(22(16-28)27(21)24(29)15-26)20-12-10-19(11-13-20)9-8-18-6-7-18/h2-5,10-13,18,21-22,25,28H,6-7,14-16H2,1H3/t21-,22-,25-/m1/s1. The zero-order chi connectivity index (χ0) is 22.5. The van der Waals surface area contributed by atoms with Crippen molar-refractivity contribution in [1.82, 2.24) is 9.21 Å². The SMILES string of the molecule is Cc1ccccc1S(=O)(=O)N1CC(=O)N2[C@H](CO)[C@H](c3ccc(C#CC4CC4)cc3)[C@H]2C1. The highest BCUT2D eigenvalue weighted by molar-refractivity contribution is 7.89. The Bertz CT molecular complexity index is 1210. The largest absolute Gasteiger partial charge is 0.394 e. The summed E-state index contributed by atoms with van der Waals surface area (Å²) in [6.07, 6.45) is 2.36. The van der Waals surface area contributed by atoms with Crippen LogP contribution in [-0.4, -0.2) is 60.4 Å². The van der Waals surface area contributed by atoms with E-state index in [4.69, 9.17) is 0 Å². The number of carbonyl (C=O) groups is 1. The Labute approximate surface area is 188 Å². The molecule has 1 amide bonds. The van der Waals surface area contributed by atoms with Gasteiger partial charge in [0.2, 0.25) is 15.9 Å². The molecule has 1 N–H and O–H groups in total. The van der Waals surface area contributed by atoms with E-state index >= 15 is 0 Å². The van der Waals surface area contributed by atoms with Gasteiger partial charge in [-0.2, -0.15) is 4.31 Å². The molecule has 166 valence electrons. The molecule has 2 heterocycles. The minimum Gasteiger partial charge on any atom is -0.394 e. The van der Waals surface area contributed by atoms with Crippen molar-refractivity contribution in [2.24, 2.45) is 5.92 Å². The number of hydrogen-bond acceptors (Lipinski definition) is 4. The van der Waals surface area contributed by atoms with Crippen LogP contribution in [0.25, 0.3) is 0 Å². The molecule has 1 saturated carbocycles. The summed E-state index contributed by atoms with van der Waals surface area (Å²) in [5.41, 5.74) is 2.59. The van der Waals surface area contributed by atoms with Gasteiger partial charge in [0, 0.05) is 23.9 Å². The number of piperazine rings is 1. The van der Waals surface area contributed by atoms with E-state index in [-0.39, 0.29) is 48.5 Å². The van der Waals surface area contributed by atoms with Gasteiger partial charge in [0.1, 0.15) is 0 Å². The quantitative estimate of drug-likeness (QED) is 0.724. The summed E-state index contributed by atoms with van der Waals surface area (Å²) in [6.45, 7) is 1.62. The molecule has 6 nitrogen and oxygen atoms in total. The first kappa shape index (κ1) is 21.2. The Morgan fingerprint density at radius 2 is 1.81 bits per heavy atom. The summed E-state index contributed by atoms with van der Waals surface area (Å²) in [5.74, 6) is 6.59. The maximum absolute atomic E-state index is 13.3. The molecule has 2 saturated heterocycles. The fourth-order valence-electron chi connectivity index (χ4n) is 4.84. The number of benzene rings is 2. The Kier molecular flexibility index (Phi) is 5.32. The number of hydrogen-bond donors (Lipinski definition) is 1. The summed E-state index contributed by atoms with van der Waals surface area (Å²) >= 11 is 0. The molecule has 7 heteroatoms. The Morgan fingerprint density at radius 1 is 1.09 bits per heavy atom. The van der Waals surface area contributed by atoms with Gasteiger partial charge in [-0.05, 0) is 49.1 Å². The monoisotopic (exact) mass is 450 g/mol. The molecular weight excluding hydrogens is 424 g/mol. The van der Waals surface area contributed by atoms with Crippen LogP contribution in [0.15, 0.2) is 53.4 Å². The molecule has 2 aliphatic heterocycles. The fourth-order valence-corrected chi connectivity index (χ4v) is 6.47.